The minimum atomic E-state index is -3.58. The van der Waals surface area contributed by atoms with Gasteiger partial charge < -0.3 is 4.74 Å². The third-order valence-corrected chi connectivity index (χ3v) is 5.96. The van der Waals surface area contributed by atoms with Gasteiger partial charge in [0.25, 0.3) is 0 Å². The minimum Gasteiger partial charge on any atom is -0.495 e. The maximum Gasteiger partial charge on any atom is 0.244 e. The summed E-state index contributed by atoms with van der Waals surface area (Å²) in [6, 6.07) is 4.95. The van der Waals surface area contributed by atoms with Crippen molar-refractivity contribution in [2.75, 3.05) is 7.11 Å². The number of benzene rings is 1. The minimum absolute atomic E-state index is 0.00762. The molecule has 0 amide bonds. The van der Waals surface area contributed by atoms with Crippen molar-refractivity contribution in [1.29, 1.82) is 0 Å². The van der Waals surface area contributed by atoms with Crippen LogP contribution in [0.25, 0.3) is 0 Å². The third-order valence-electron chi connectivity index (χ3n) is 3.97. The van der Waals surface area contributed by atoms with E-state index in [9.17, 15) is 8.42 Å². The number of hydrogen-bond donors (Lipinski definition) is 1. The molecule has 1 saturated carbocycles. The van der Waals surface area contributed by atoms with Gasteiger partial charge in [0.1, 0.15) is 10.6 Å². The molecular weight excluding hydrogens is 342 g/mol. The van der Waals surface area contributed by atoms with Crippen LogP contribution < -0.4 is 9.46 Å². The number of methoxy groups -OCH3 is 1. The summed E-state index contributed by atoms with van der Waals surface area (Å²) < 4.78 is 33.9. The zero-order valence-electron chi connectivity index (χ0n) is 11.9. The van der Waals surface area contributed by atoms with Gasteiger partial charge in [-0.2, -0.15) is 0 Å². The molecule has 20 heavy (non-hydrogen) atoms. The monoisotopic (exact) mass is 361 g/mol. The van der Waals surface area contributed by atoms with Crippen molar-refractivity contribution in [3.63, 3.8) is 0 Å². The van der Waals surface area contributed by atoms with Crippen molar-refractivity contribution in [1.82, 2.24) is 4.72 Å². The molecule has 0 aliphatic heterocycles. The van der Waals surface area contributed by atoms with Crippen LogP contribution in [0.4, 0.5) is 0 Å². The van der Waals surface area contributed by atoms with Crippen LogP contribution in [0.15, 0.2) is 27.6 Å². The summed E-state index contributed by atoms with van der Waals surface area (Å²) in [6.07, 6.45) is 2.97. The van der Waals surface area contributed by atoms with Gasteiger partial charge in [-0.3, -0.25) is 0 Å². The van der Waals surface area contributed by atoms with E-state index in [0.717, 1.165) is 19.3 Å². The van der Waals surface area contributed by atoms with E-state index >= 15 is 0 Å². The molecule has 0 heterocycles. The molecule has 1 unspecified atom stereocenters. The van der Waals surface area contributed by atoms with Gasteiger partial charge in [0.15, 0.2) is 0 Å². The fourth-order valence-corrected chi connectivity index (χ4v) is 4.81. The van der Waals surface area contributed by atoms with E-state index < -0.39 is 10.0 Å². The summed E-state index contributed by atoms with van der Waals surface area (Å²) in [5.74, 6) is 0.358. The summed E-state index contributed by atoms with van der Waals surface area (Å²) in [5.41, 5.74) is -0.00762. The molecule has 1 aromatic carbocycles. The Morgan fingerprint density at radius 3 is 2.65 bits per heavy atom. The lowest BCUT2D eigenvalue weighted by molar-refractivity contribution is 0.312. The lowest BCUT2D eigenvalue weighted by Crippen LogP contribution is -2.41. The molecule has 0 spiro atoms. The molecule has 0 saturated heterocycles. The first-order valence-corrected chi connectivity index (χ1v) is 8.90. The maximum absolute atomic E-state index is 12.6. The average molecular weight is 362 g/mol. The van der Waals surface area contributed by atoms with Gasteiger partial charge in [-0.05, 0) is 36.5 Å². The molecule has 2 rings (SSSR count). The molecule has 0 bridgehead atoms. The first kappa shape index (κ1) is 15.8. The summed E-state index contributed by atoms with van der Waals surface area (Å²) >= 11 is 3.31. The van der Waals surface area contributed by atoms with Crippen LogP contribution in [0.1, 0.15) is 33.1 Å². The summed E-state index contributed by atoms with van der Waals surface area (Å²) in [6.45, 7) is 4.21. The highest BCUT2D eigenvalue weighted by Crippen LogP contribution is 2.38. The van der Waals surface area contributed by atoms with Crippen LogP contribution in [-0.4, -0.2) is 21.6 Å². The summed E-state index contributed by atoms with van der Waals surface area (Å²) in [7, 11) is -2.11. The fourth-order valence-electron chi connectivity index (χ4n) is 2.66. The molecule has 6 heteroatoms. The van der Waals surface area contributed by atoms with Crippen molar-refractivity contribution in [3.8, 4) is 5.75 Å². The molecule has 1 N–H and O–H groups in total. The van der Waals surface area contributed by atoms with E-state index in [-0.39, 0.29) is 16.4 Å². The Labute approximate surface area is 129 Å². The van der Waals surface area contributed by atoms with Crippen molar-refractivity contribution < 1.29 is 13.2 Å². The maximum atomic E-state index is 12.6. The summed E-state index contributed by atoms with van der Waals surface area (Å²) in [4.78, 5) is 0.178. The Bertz CT molecular complexity index is 598. The van der Waals surface area contributed by atoms with Crippen molar-refractivity contribution in [2.24, 2.45) is 5.41 Å². The topological polar surface area (TPSA) is 55.4 Å². The van der Waals surface area contributed by atoms with E-state index in [0.29, 0.717) is 10.2 Å². The second-order valence-corrected chi connectivity index (χ2v) is 8.45. The molecule has 1 aliphatic carbocycles. The first-order chi connectivity index (χ1) is 9.26. The van der Waals surface area contributed by atoms with Crippen molar-refractivity contribution in [2.45, 2.75) is 44.0 Å². The quantitative estimate of drug-likeness (QED) is 0.894. The number of nitrogens with one attached hydrogen (secondary N) is 1. The second-order valence-electron chi connectivity index (χ2n) is 5.85. The third kappa shape index (κ3) is 3.18. The second kappa shape index (κ2) is 5.66. The number of rotatable bonds is 4. The van der Waals surface area contributed by atoms with Crippen molar-refractivity contribution in [3.05, 3.63) is 22.7 Å². The van der Waals surface area contributed by atoms with Gasteiger partial charge in [-0.1, -0.05) is 36.2 Å². The highest BCUT2D eigenvalue weighted by atomic mass is 79.9. The van der Waals surface area contributed by atoms with Crippen LogP contribution >= 0.6 is 15.9 Å². The SMILES string of the molecule is COc1ccc(Br)cc1S(=O)(=O)NC1CCCC1(C)C. The molecule has 4 nitrogen and oxygen atoms in total. The van der Waals surface area contributed by atoms with Gasteiger partial charge in [-0.25, -0.2) is 13.1 Å². The number of halogens is 1. The van der Waals surface area contributed by atoms with E-state index in [1.54, 1.807) is 18.2 Å². The number of ether oxygens (including phenoxy) is 1. The largest absolute Gasteiger partial charge is 0.495 e. The van der Waals surface area contributed by atoms with E-state index in [1.807, 2.05) is 0 Å². The molecule has 1 fully saturated rings. The van der Waals surface area contributed by atoms with Gasteiger partial charge in [0.2, 0.25) is 10.0 Å². The molecule has 1 aromatic rings. The Kier molecular flexibility index (Phi) is 4.47. The normalized spacial score (nSPS) is 21.9. The molecule has 0 radical (unpaired) electrons. The van der Waals surface area contributed by atoms with Crippen molar-refractivity contribution >= 4 is 26.0 Å². The molecule has 0 aromatic heterocycles. The average Bonchev–Trinajstić information content (AvgIpc) is 2.68. The Morgan fingerprint density at radius 2 is 2.10 bits per heavy atom. The number of hydrogen-bond acceptors (Lipinski definition) is 3. The molecule has 1 aliphatic rings. The smallest absolute Gasteiger partial charge is 0.244 e. The lowest BCUT2D eigenvalue weighted by Gasteiger charge is -2.27. The zero-order valence-corrected chi connectivity index (χ0v) is 14.3. The number of sulfonamides is 1. The van der Waals surface area contributed by atoms with E-state index in [4.69, 9.17) is 4.74 Å². The van der Waals surface area contributed by atoms with E-state index in [2.05, 4.69) is 34.5 Å². The van der Waals surface area contributed by atoms with Gasteiger partial charge in [0.05, 0.1) is 7.11 Å². The molecule has 1 atom stereocenters. The highest BCUT2D eigenvalue weighted by molar-refractivity contribution is 9.10. The lowest BCUT2D eigenvalue weighted by atomic mass is 9.88. The standard InChI is InChI=1S/C14H20BrNO3S/c1-14(2)8-4-5-13(14)16-20(17,18)12-9-10(15)6-7-11(12)19-3/h6-7,9,13,16H,4-5,8H2,1-3H3. The van der Waals surface area contributed by atoms with Crippen LogP contribution in [-0.2, 0) is 10.0 Å². The predicted octanol–water partition coefficient (Wildman–Crippen LogP) is 3.31. The Hall–Kier alpha value is -0.590. The van der Waals surface area contributed by atoms with Crippen LogP contribution in [0.2, 0.25) is 0 Å². The van der Waals surface area contributed by atoms with E-state index in [1.165, 1.54) is 7.11 Å². The zero-order chi connectivity index (χ0) is 15.0. The Balaban J connectivity index is 2.34. The first-order valence-electron chi connectivity index (χ1n) is 6.62. The fraction of sp³-hybridized carbons (Fsp3) is 0.571. The molecule has 112 valence electrons. The Morgan fingerprint density at radius 1 is 1.40 bits per heavy atom. The van der Waals surface area contributed by atoms with Crippen LogP contribution in [0.3, 0.4) is 0 Å². The highest BCUT2D eigenvalue weighted by Gasteiger charge is 2.37. The van der Waals surface area contributed by atoms with Crippen LogP contribution in [0.5, 0.6) is 5.75 Å². The van der Waals surface area contributed by atoms with Gasteiger partial charge >= 0.3 is 0 Å². The molecular formula is C14H20BrNO3S. The van der Waals surface area contributed by atoms with Gasteiger partial charge in [-0.15, -0.1) is 0 Å². The summed E-state index contributed by atoms with van der Waals surface area (Å²) in [5, 5.41) is 0. The van der Waals surface area contributed by atoms with Gasteiger partial charge in [0, 0.05) is 10.5 Å². The predicted molar refractivity (Wildman–Crippen MR) is 82.4 cm³/mol. The van der Waals surface area contributed by atoms with Crippen LogP contribution in [0, 0.1) is 5.41 Å².